The number of anilines is 1. The normalized spacial score (nSPS) is 13.8. The molecule has 0 aliphatic carbocycles. The van der Waals surface area contributed by atoms with E-state index in [4.69, 9.17) is 22.1 Å². The van der Waals surface area contributed by atoms with E-state index in [1.165, 1.54) is 44.9 Å². The lowest BCUT2D eigenvalue weighted by atomic mass is 9.69. The van der Waals surface area contributed by atoms with Gasteiger partial charge in [-0.2, -0.15) is 0 Å². The van der Waals surface area contributed by atoms with E-state index in [0.717, 1.165) is 5.56 Å². The maximum atomic E-state index is 6.40. The van der Waals surface area contributed by atoms with Crippen molar-refractivity contribution < 1.29 is 4.74 Å². The third kappa shape index (κ3) is 7.88. The Bertz CT molecular complexity index is 533. The smallest absolute Gasteiger partial charge is 0.0738 e. The molecule has 0 heterocycles. The molecule has 1 atom stereocenters. The van der Waals surface area contributed by atoms with Gasteiger partial charge < -0.3 is 10.5 Å². The van der Waals surface area contributed by atoms with Crippen LogP contribution in [0.1, 0.15) is 92.1 Å². The highest BCUT2D eigenvalue weighted by Crippen LogP contribution is 2.41. The predicted molar refractivity (Wildman–Crippen MR) is 116 cm³/mol. The second-order valence-electron chi connectivity index (χ2n) is 9.22. The largest absolute Gasteiger partial charge is 0.399 e. The van der Waals surface area contributed by atoms with Gasteiger partial charge in [0.2, 0.25) is 0 Å². The summed E-state index contributed by atoms with van der Waals surface area (Å²) in [5.41, 5.74) is 7.48. The zero-order valence-corrected chi connectivity index (χ0v) is 18.6. The lowest BCUT2D eigenvalue weighted by molar-refractivity contribution is -0.104. The third-order valence-electron chi connectivity index (χ3n) is 5.41. The molecule has 0 saturated heterocycles. The second kappa shape index (κ2) is 10.6. The number of hydrogen-bond acceptors (Lipinski definition) is 2. The van der Waals surface area contributed by atoms with E-state index in [1.807, 2.05) is 12.1 Å². The van der Waals surface area contributed by atoms with E-state index < -0.39 is 0 Å². The number of hydrogen-bond donors (Lipinski definition) is 1. The monoisotopic (exact) mass is 381 g/mol. The molecule has 3 heteroatoms. The Balaban J connectivity index is 2.65. The van der Waals surface area contributed by atoms with E-state index in [9.17, 15) is 0 Å². The van der Waals surface area contributed by atoms with Crippen molar-refractivity contribution >= 4 is 17.3 Å². The molecule has 0 saturated carbocycles. The average Bonchev–Trinajstić information content (AvgIpc) is 2.51. The fraction of sp³-hybridized carbons (Fsp3) is 0.739. The van der Waals surface area contributed by atoms with E-state index in [0.29, 0.717) is 23.2 Å². The molecule has 26 heavy (non-hydrogen) atoms. The number of ether oxygens (including phenoxy) is 1. The van der Waals surface area contributed by atoms with Gasteiger partial charge in [-0.25, -0.2) is 0 Å². The Kier molecular flexibility index (Phi) is 9.47. The fourth-order valence-electron chi connectivity index (χ4n) is 4.00. The van der Waals surface area contributed by atoms with Gasteiger partial charge in [0.15, 0.2) is 0 Å². The molecule has 0 radical (unpaired) electrons. The summed E-state index contributed by atoms with van der Waals surface area (Å²) in [6.45, 7) is 14.2. The van der Waals surface area contributed by atoms with Gasteiger partial charge in [0.1, 0.15) is 0 Å². The first-order valence-electron chi connectivity index (χ1n) is 10.3. The molecule has 0 aliphatic rings. The summed E-state index contributed by atoms with van der Waals surface area (Å²) < 4.78 is 6.40. The van der Waals surface area contributed by atoms with Gasteiger partial charge in [-0.3, -0.25) is 0 Å². The van der Waals surface area contributed by atoms with Crippen molar-refractivity contribution in [2.24, 2.45) is 11.3 Å². The highest BCUT2D eigenvalue weighted by molar-refractivity contribution is 6.31. The Hall–Kier alpha value is -0.730. The quantitative estimate of drug-likeness (QED) is 0.315. The van der Waals surface area contributed by atoms with Gasteiger partial charge in [-0.1, -0.05) is 83.9 Å². The van der Waals surface area contributed by atoms with Crippen molar-refractivity contribution in [1.29, 1.82) is 0 Å². The highest BCUT2D eigenvalue weighted by atomic mass is 35.5. The summed E-state index contributed by atoms with van der Waals surface area (Å²) in [5.74, 6) is 0.494. The summed E-state index contributed by atoms with van der Waals surface area (Å²) in [4.78, 5) is 0. The number of nitrogens with two attached hydrogens (primary N) is 1. The minimum atomic E-state index is -0.202. The molecule has 1 unspecified atom stereocenters. The van der Waals surface area contributed by atoms with Gasteiger partial charge in [0.05, 0.1) is 12.2 Å². The van der Waals surface area contributed by atoms with E-state index >= 15 is 0 Å². The topological polar surface area (TPSA) is 35.2 Å². The van der Waals surface area contributed by atoms with Crippen LogP contribution in [0.4, 0.5) is 5.69 Å². The molecule has 1 rings (SSSR count). The molecule has 1 aromatic rings. The van der Waals surface area contributed by atoms with Crippen LogP contribution in [0.5, 0.6) is 0 Å². The minimum absolute atomic E-state index is 0.202. The van der Waals surface area contributed by atoms with Crippen molar-refractivity contribution in [3.8, 4) is 0 Å². The maximum absolute atomic E-state index is 6.40. The van der Waals surface area contributed by atoms with Crippen LogP contribution in [0.2, 0.25) is 5.02 Å². The third-order valence-corrected chi connectivity index (χ3v) is 5.76. The van der Waals surface area contributed by atoms with E-state index in [-0.39, 0.29) is 11.0 Å². The first kappa shape index (κ1) is 23.3. The molecule has 0 bridgehead atoms. The lowest BCUT2D eigenvalue weighted by Crippen LogP contribution is -2.42. The molecule has 150 valence electrons. The molecule has 2 nitrogen and oxygen atoms in total. The predicted octanol–water partition coefficient (Wildman–Crippen LogP) is 7.63. The van der Waals surface area contributed by atoms with Crippen LogP contribution >= 0.6 is 11.6 Å². The van der Waals surface area contributed by atoms with Crippen LogP contribution in [0.3, 0.4) is 0 Å². The van der Waals surface area contributed by atoms with Crippen LogP contribution < -0.4 is 5.73 Å². The summed E-state index contributed by atoms with van der Waals surface area (Å²) >= 11 is 6.31. The summed E-state index contributed by atoms with van der Waals surface area (Å²) in [6, 6.07) is 5.65. The summed E-state index contributed by atoms with van der Waals surface area (Å²) in [7, 11) is 0. The van der Waals surface area contributed by atoms with Gasteiger partial charge in [0.25, 0.3) is 0 Å². The molecular formula is C23H40ClNO. The van der Waals surface area contributed by atoms with Crippen LogP contribution in [-0.4, -0.2) is 5.60 Å². The summed E-state index contributed by atoms with van der Waals surface area (Å²) in [5, 5.41) is 0.684. The van der Waals surface area contributed by atoms with Gasteiger partial charge >= 0.3 is 0 Å². The number of rotatable bonds is 11. The first-order valence-corrected chi connectivity index (χ1v) is 10.6. The van der Waals surface area contributed by atoms with Crippen LogP contribution in [0.15, 0.2) is 18.2 Å². The molecule has 0 aromatic heterocycles. The lowest BCUT2D eigenvalue weighted by Gasteiger charge is -2.43. The molecule has 2 N–H and O–H groups in total. The van der Waals surface area contributed by atoms with Gasteiger partial charge in [-0.05, 0) is 49.3 Å². The Morgan fingerprint density at radius 1 is 1.00 bits per heavy atom. The van der Waals surface area contributed by atoms with Crippen LogP contribution in [0, 0.1) is 11.3 Å². The molecule has 0 amide bonds. The van der Waals surface area contributed by atoms with Crippen molar-refractivity contribution in [2.45, 2.75) is 98.7 Å². The van der Waals surface area contributed by atoms with Crippen LogP contribution in [-0.2, 0) is 11.3 Å². The standard InChI is InChI=1S/C23H40ClNO/c1-7-8-9-10-11-12-13-21(22(2,3)4)23(5,6)26-17-18-14-15-19(25)16-20(18)24/h14-16,21H,7-13,17,25H2,1-6H3. The van der Waals surface area contributed by atoms with Crippen molar-refractivity contribution in [2.75, 3.05) is 5.73 Å². The number of nitrogen functional groups attached to an aromatic ring is 1. The average molecular weight is 382 g/mol. The zero-order valence-electron chi connectivity index (χ0n) is 17.8. The first-order chi connectivity index (χ1) is 12.1. The zero-order chi connectivity index (χ0) is 19.8. The van der Waals surface area contributed by atoms with Crippen LogP contribution in [0.25, 0.3) is 0 Å². The summed E-state index contributed by atoms with van der Waals surface area (Å²) in [6.07, 6.45) is 9.20. The molecule has 1 aromatic carbocycles. The maximum Gasteiger partial charge on any atom is 0.0738 e. The van der Waals surface area contributed by atoms with Gasteiger partial charge in [0, 0.05) is 10.7 Å². The van der Waals surface area contributed by atoms with E-state index in [1.54, 1.807) is 6.07 Å². The molecular weight excluding hydrogens is 342 g/mol. The fourth-order valence-corrected chi connectivity index (χ4v) is 4.24. The van der Waals surface area contributed by atoms with Crippen molar-refractivity contribution in [3.05, 3.63) is 28.8 Å². The number of benzene rings is 1. The Morgan fingerprint density at radius 3 is 2.19 bits per heavy atom. The molecule has 0 fully saturated rings. The van der Waals surface area contributed by atoms with Gasteiger partial charge in [-0.15, -0.1) is 0 Å². The second-order valence-corrected chi connectivity index (χ2v) is 9.63. The Labute approximate surface area is 166 Å². The van der Waals surface area contributed by atoms with Crippen molar-refractivity contribution in [3.63, 3.8) is 0 Å². The Morgan fingerprint density at radius 2 is 1.62 bits per heavy atom. The SMILES string of the molecule is CCCCCCCCC(C(C)(C)C)C(C)(C)OCc1ccc(N)cc1Cl. The molecule has 0 aliphatic heterocycles. The highest BCUT2D eigenvalue weighted by Gasteiger charge is 2.38. The minimum Gasteiger partial charge on any atom is -0.399 e. The number of unbranched alkanes of at least 4 members (excludes halogenated alkanes) is 5. The number of halogens is 1. The van der Waals surface area contributed by atoms with Crippen molar-refractivity contribution in [1.82, 2.24) is 0 Å². The molecule has 0 spiro atoms. The van der Waals surface area contributed by atoms with E-state index in [2.05, 4.69) is 41.5 Å².